The second-order valence-corrected chi connectivity index (χ2v) is 9.80. The van der Waals surface area contributed by atoms with Crippen LogP contribution in [0.15, 0.2) is 51.8 Å². The van der Waals surface area contributed by atoms with Gasteiger partial charge in [0.1, 0.15) is 0 Å². The van der Waals surface area contributed by atoms with Crippen molar-refractivity contribution in [3.63, 3.8) is 0 Å². The molecule has 3 aromatic carbocycles. The average Bonchev–Trinajstić information content (AvgIpc) is 3.04. The quantitative estimate of drug-likeness (QED) is 0.307. The molecule has 0 saturated heterocycles. The summed E-state index contributed by atoms with van der Waals surface area (Å²) in [6, 6.07) is 14.0. The van der Waals surface area contributed by atoms with E-state index in [0.29, 0.717) is 10.2 Å². The van der Waals surface area contributed by atoms with Crippen LogP contribution in [0.4, 0.5) is 5.13 Å². The van der Waals surface area contributed by atoms with Gasteiger partial charge >= 0.3 is 0 Å². The Labute approximate surface area is 184 Å². The molecule has 0 spiro atoms. The van der Waals surface area contributed by atoms with Crippen molar-refractivity contribution in [3.8, 4) is 0 Å². The summed E-state index contributed by atoms with van der Waals surface area (Å²) in [7, 11) is 0. The van der Waals surface area contributed by atoms with Gasteiger partial charge < -0.3 is 5.32 Å². The fraction of sp³-hybridized carbons (Fsp3) is 0.143. The van der Waals surface area contributed by atoms with Crippen molar-refractivity contribution < 1.29 is 4.79 Å². The highest BCUT2D eigenvalue weighted by Gasteiger charge is 2.13. The summed E-state index contributed by atoms with van der Waals surface area (Å²) < 4.78 is 2.07. The van der Waals surface area contributed by atoms with Crippen LogP contribution >= 0.6 is 50.6 Å². The number of hydrogen-bond donors (Lipinski definition) is 1. The minimum atomic E-state index is -0.0819. The Morgan fingerprint density at radius 3 is 2.89 bits per heavy atom. The fourth-order valence-electron chi connectivity index (χ4n) is 3.14. The van der Waals surface area contributed by atoms with Gasteiger partial charge in [-0.1, -0.05) is 57.1 Å². The van der Waals surface area contributed by atoms with Crippen LogP contribution in [0.3, 0.4) is 0 Å². The predicted molar refractivity (Wildman–Crippen MR) is 125 cm³/mol. The highest BCUT2D eigenvalue weighted by molar-refractivity contribution is 9.10. The molecule has 0 unspecified atom stereocenters. The number of benzene rings is 3. The van der Waals surface area contributed by atoms with Crippen LogP contribution in [0.2, 0.25) is 5.02 Å². The molecule has 28 heavy (non-hydrogen) atoms. The molecule has 1 aromatic heterocycles. The minimum absolute atomic E-state index is 0.0819. The lowest BCUT2D eigenvalue weighted by Crippen LogP contribution is -2.13. The van der Waals surface area contributed by atoms with Gasteiger partial charge in [-0.25, -0.2) is 4.98 Å². The molecule has 142 valence electrons. The molecule has 0 aliphatic heterocycles. The first-order chi connectivity index (χ1) is 13.4. The third-order valence-electron chi connectivity index (χ3n) is 4.33. The van der Waals surface area contributed by atoms with Gasteiger partial charge in [0.2, 0.25) is 5.91 Å². The second kappa shape index (κ2) is 8.03. The standard InChI is InChI=1S/C21H16BrClN2OS2/c1-11-8-12(2)20-17(9-11)28-21(25-20)24-18(26)10-27-16-7-6-14(22)13-4-3-5-15(23)19(13)16/h3-9H,10H2,1-2H3,(H,24,25,26). The second-order valence-electron chi connectivity index (χ2n) is 6.49. The van der Waals surface area contributed by atoms with Gasteiger partial charge in [0.25, 0.3) is 0 Å². The highest BCUT2D eigenvalue weighted by Crippen LogP contribution is 2.37. The van der Waals surface area contributed by atoms with Crippen molar-refractivity contribution in [3.05, 3.63) is 63.1 Å². The monoisotopic (exact) mass is 490 g/mol. The maximum absolute atomic E-state index is 12.5. The topological polar surface area (TPSA) is 42.0 Å². The zero-order valence-corrected chi connectivity index (χ0v) is 19.2. The predicted octanol–water partition coefficient (Wildman–Crippen LogP) is 7.21. The third kappa shape index (κ3) is 3.92. The summed E-state index contributed by atoms with van der Waals surface area (Å²) in [5.74, 6) is 0.206. The van der Waals surface area contributed by atoms with E-state index in [-0.39, 0.29) is 11.7 Å². The zero-order chi connectivity index (χ0) is 19.8. The lowest BCUT2D eigenvalue weighted by molar-refractivity contribution is -0.113. The summed E-state index contributed by atoms with van der Waals surface area (Å²) in [6.45, 7) is 4.10. The maximum atomic E-state index is 12.5. The molecule has 3 nitrogen and oxygen atoms in total. The van der Waals surface area contributed by atoms with Crippen LogP contribution in [0.25, 0.3) is 21.0 Å². The zero-order valence-electron chi connectivity index (χ0n) is 15.2. The lowest BCUT2D eigenvalue weighted by Gasteiger charge is -2.09. The summed E-state index contributed by atoms with van der Waals surface area (Å²) in [5, 5.41) is 6.24. The van der Waals surface area contributed by atoms with Crippen LogP contribution in [-0.2, 0) is 4.79 Å². The molecule has 7 heteroatoms. The van der Waals surface area contributed by atoms with E-state index >= 15 is 0 Å². The smallest absolute Gasteiger partial charge is 0.236 e. The number of anilines is 1. The molecule has 4 aromatic rings. The maximum Gasteiger partial charge on any atom is 0.236 e. The lowest BCUT2D eigenvalue weighted by atomic mass is 10.1. The summed E-state index contributed by atoms with van der Waals surface area (Å²) >= 11 is 12.9. The van der Waals surface area contributed by atoms with Gasteiger partial charge in [0.15, 0.2) is 5.13 Å². The van der Waals surface area contributed by atoms with Crippen LogP contribution in [0.5, 0.6) is 0 Å². The van der Waals surface area contributed by atoms with Crippen molar-refractivity contribution in [1.82, 2.24) is 4.98 Å². The fourth-order valence-corrected chi connectivity index (χ4v) is 5.88. The molecule has 4 rings (SSSR count). The summed E-state index contributed by atoms with van der Waals surface area (Å²) in [5.41, 5.74) is 3.27. The number of fused-ring (bicyclic) bond motifs is 2. The van der Waals surface area contributed by atoms with E-state index in [0.717, 1.165) is 35.9 Å². The van der Waals surface area contributed by atoms with E-state index in [9.17, 15) is 4.79 Å². The van der Waals surface area contributed by atoms with Gasteiger partial charge in [-0.3, -0.25) is 4.79 Å². The SMILES string of the molecule is Cc1cc(C)c2nc(NC(=O)CSc3ccc(Br)c4cccc(Cl)c34)sc2c1. The summed E-state index contributed by atoms with van der Waals surface area (Å²) in [4.78, 5) is 18.1. The van der Waals surface area contributed by atoms with E-state index in [2.05, 4.69) is 45.3 Å². The van der Waals surface area contributed by atoms with Crippen molar-refractivity contribution in [1.29, 1.82) is 0 Å². The van der Waals surface area contributed by atoms with E-state index < -0.39 is 0 Å². The van der Waals surface area contributed by atoms with Crippen LogP contribution in [0.1, 0.15) is 11.1 Å². The first-order valence-corrected chi connectivity index (χ1v) is 11.6. The van der Waals surface area contributed by atoms with Gasteiger partial charge in [-0.05, 0) is 54.6 Å². The number of rotatable bonds is 4. The van der Waals surface area contributed by atoms with Gasteiger partial charge in [0.05, 0.1) is 16.0 Å². The van der Waals surface area contributed by atoms with Crippen LogP contribution in [0, 0.1) is 13.8 Å². The number of thioether (sulfide) groups is 1. The normalized spacial score (nSPS) is 11.3. The van der Waals surface area contributed by atoms with Gasteiger partial charge in [0, 0.05) is 19.8 Å². The highest BCUT2D eigenvalue weighted by atomic mass is 79.9. The molecule has 0 aliphatic rings. The molecule has 0 aliphatic carbocycles. The van der Waals surface area contributed by atoms with E-state index in [1.807, 2.05) is 37.3 Å². The Morgan fingerprint density at radius 1 is 1.25 bits per heavy atom. The molecule has 0 atom stereocenters. The van der Waals surface area contributed by atoms with E-state index in [4.69, 9.17) is 11.6 Å². The number of aromatic nitrogens is 1. The molecule has 0 radical (unpaired) electrons. The van der Waals surface area contributed by atoms with Crippen LogP contribution in [-0.4, -0.2) is 16.6 Å². The Bertz CT molecular complexity index is 1220. The number of nitrogens with zero attached hydrogens (tertiary/aromatic N) is 1. The van der Waals surface area contributed by atoms with E-state index in [1.54, 1.807) is 0 Å². The third-order valence-corrected chi connectivity index (χ3v) is 7.32. The van der Waals surface area contributed by atoms with Crippen molar-refractivity contribution in [2.24, 2.45) is 0 Å². The number of amides is 1. The number of aryl methyl sites for hydroxylation is 2. The molecule has 1 N–H and O–H groups in total. The first-order valence-electron chi connectivity index (χ1n) is 8.59. The molecule has 1 heterocycles. The summed E-state index contributed by atoms with van der Waals surface area (Å²) in [6.07, 6.45) is 0. The Hall–Kier alpha value is -1.60. The Kier molecular flexibility index (Phi) is 5.65. The number of carbonyl (C=O) groups is 1. The van der Waals surface area contributed by atoms with Crippen molar-refractivity contribution >= 4 is 82.7 Å². The number of halogens is 2. The molecule has 0 saturated carbocycles. The molecule has 1 amide bonds. The Balaban J connectivity index is 1.52. The minimum Gasteiger partial charge on any atom is -0.301 e. The van der Waals surface area contributed by atoms with Crippen molar-refractivity contribution in [2.75, 3.05) is 11.1 Å². The Morgan fingerprint density at radius 2 is 2.07 bits per heavy atom. The first kappa shape index (κ1) is 19.7. The largest absolute Gasteiger partial charge is 0.301 e. The van der Waals surface area contributed by atoms with Crippen molar-refractivity contribution in [2.45, 2.75) is 18.7 Å². The number of carbonyl (C=O) groups excluding carboxylic acids is 1. The molecule has 0 fully saturated rings. The number of thiazole rings is 1. The number of hydrogen-bond acceptors (Lipinski definition) is 4. The molecular formula is C21H16BrClN2OS2. The van der Waals surface area contributed by atoms with Crippen LogP contribution < -0.4 is 5.32 Å². The number of nitrogens with one attached hydrogen (secondary N) is 1. The molecular weight excluding hydrogens is 476 g/mol. The van der Waals surface area contributed by atoms with Gasteiger partial charge in [-0.15, -0.1) is 11.8 Å². The molecule has 0 bridgehead atoms. The van der Waals surface area contributed by atoms with E-state index in [1.165, 1.54) is 28.7 Å². The average molecular weight is 492 g/mol. The van der Waals surface area contributed by atoms with Gasteiger partial charge in [-0.2, -0.15) is 0 Å².